The fourth-order valence-electron chi connectivity index (χ4n) is 1.68. The molecule has 2 aromatic heterocycles. The molecular formula is C10H9ClN2O. The average Bonchev–Trinajstić information content (AvgIpc) is 2.91. The highest BCUT2D eigenvalue weighted by molar-refractivity contribution is 6.33. The van der Waals surface area contributed by atoms with E-state index in [-0.39, 0.29) is 6.10 Å². The zero-order valence-electron chi connectivity index (χ0n) is 7.70. The number of hydrogen-bond donors (Lipinski definition) is 0. The van der Waals surface area contributed by atoms with Crippen molar-refractivity contribution in [3.63, 3.8) is 0 Å². The Morgan fingerprint density at radius 3 is 3.07 bits per heavy atom. The number of aryl methyl sites for hydroxylation is 1. The van der Waals surface area contributed by atoms with Crippen LogP contribution in [-0.2, 0) is 4.74 Å². The first-order chi connectivity index (χ1) is 6.77. The molecule has 3 nitrogen and oxygen atoms in total. The Balaban J connectivity index is 2.37. The number of pyridine rings is 1. The van der Waals surface area contributed by atoms with Crippen LogP contribution in [0, 0.1) is 6.92 Å². The fourth-order valence-corrected chi connectivity index (χ4v) is 1.88. The Morgan fingerprint density at radius 2 is 2.36 bits per heavy atom. The van der Waals surface area contributed by atoms with Gasteiger partial charge in [-0.25, -0.2) is 4.98 Å². The van der Waals surface area contributed by atoms with Crippen LogP contribution in [0.15, 0.2) is 18.3 Å². The number of imidazole rings is 1. The zero-order chi connectivity index (χ0) is 9.71. The second-order valence-electron chi connectivity index (χ2n) is 3.48. The van der Waals surface area contributed by atoms with Gasteiger partial charge < -0.3 is 4.74 Å². The summed E-state index contributed by atoms with van der Waals surface area (Å²) in [4.78, 5) is 4.33. The van der Waals surface area contributed by atoms with Crippen LogP contribution in [0.3, 0.4) is 0 Å². The molecular weight excluding hydrogens is 200 g/mol. The Morgan fingerprint density at radius 1 is 1.57 bits per heavy atom. The maximum atomic E-state index is 6.07. The Kier molecular flexibility index (Phi) is 1.60. The maximum absolute atomic E-state index is 6.07. The van der Waals surface area contributed by atoms with Crippen molar-refractivity contribution in [2.45, 2.75) is 13.0 Å². The van der Waals surface area contributed by atoms with Gasteiger partial charge in [0.15, 0.2) is 0 Å². The number of nitrogens with zero attached hydrogens (tertiary/aromatic N) is 2. The van der Waals surface area contributed by atoms with Crippen molar-refractivity contribution in [2.75, 3.05) is 6.61 Å². The van der Waals surface area contributed by atoms with Crippen molar-refractivity contribution < 1.29 is 4.74 Å². The molecule has 72 valence electrons. The molecule has 0 spiro atoms. The van der Waals surface area contributed by atoms with Gasteiger partial charge in [-0.1, -0.05) is 11.6 Å². The van der Waals surface area contributed by atoms with Gasteiger partial charge in [0.1, 0.15) is 11.9 Å². The molecule has 1 unspecified atom stereocenters. The Bertz CT molecular complexity index is 502. The number of aromatic nitrogens is 2. The summed E-state index contributed by atoms with van der Waals surface area (Å²) in [5, 5.41) is 0.731. The molecule has 0 radical (unpaired) electrons. The first-order valence-corrected chi connectivity index (χ1v) is 4.89. The minimum atomic E-state index is 0.162. The first kappa shape index (κ1) is 8.26. The van der Waals surface area contributed by atoms with E-state index in [1.807, 2.05) is 19.1 Å². The number of epoxide rings is 1. The third-order valence-corrected chi connectivity index (χ3v) is 2.80. The lowest BCUT2D eigenvalue weighted by molar-refractivity contribution is 0.405. The molecule has 0 aliphatic carbocycles. The van der Waals surface area contributed by atoms with Crippen molar-refractivity contribution in [1.82, 2.24) is 9.38 Å². The quantitative estimate of drug-likeness (QED) is 0.674. The molecule has 4 heteroatoms. The van der Waals surface area contributed by atoms with E-state index in [9.17, 15) is 0 Å². The summed E-state index contributed by atoms with van der Waals surface area (Å²) in [5.74, 6) is 0.958. The molecule has 0 N–H and O–H groups in total. The summed E-state index contributed by atoms with van der Waals surface area (Å²) in [6.45, 7) is 2.81. The second-order valence-corrected chi connectivity index (χ2v) is 3.89. The molecule has 3 heterocycles. The molecule has 1 aliphatic rings. The molecule has 1 aliphatic heterocycles. The van der Waals surface area contributed by atoms with E-state index in [4.69, 9.17) is 16.3 Å². The Labute approximate surface area is 86.3 Å². The van der Waals surface area contributed by atoms with Crippen LogP contribution in [0.5, 0.6) is 0 Å². The van der Waals surface area contributed by atoms with Gasteiger partial charge in [-0.3, -0.25) is 4.40 Å². The largest absolute Gasteiger partial charge is 0.365 e. The standard InChI is InChI=1S/C10H9ClN2O/c1-6-2-3-7(11)8-4-12-10(13(6)8)9-5-14-9/h2-4,9H,5H2,1H3. The van der Waals surface area contributed by atoms with Crippen LogP contribution in [0.2, 0.25) is 5.02 Å². The topological polar surface area (TPSA) is 29.8 Å². The SMILES string of the molecule is Cc1ccc(Cl)c2cnc(C3CO3)n12. The summed E-state index contributed by atoms with van der Waals surface area (Å²) in [5.41, 5.74) is 2.09. The van der Waals surface area contributed by atoms with Crippen LogP contribution in [-0.4, -0.2) is 16.0 Å². The van der Waals surface area contributed by atoms with Gasteiger partial charge in [0.25, 0.3) is 0 Å². The summed E-state index contributed by atoms with van der Waals surface area (Å²) in [7, 11) is 0. The number of ether oxygens (including phenoxy) is 1. The molecule has 0 saturated carbocycles. The van der Waals surface area contributed by atoms with Gasteiger partial charge >= 0.3 is 0 Å². The lowest BCUT2D eigenvalue weighted by Gasteiger charge is -2.03. The maximum Gasteiger partial charge on any atom is 0.145 e. The van der Waals surface area contributed by atoms with Crippen LogP contribution in [0.25, 0.3) is 5.52 Å². The van der Waals surface area contributed by atoms with Crippen molar-refractivity contribution in [3.8, 4) is 0 Å². The molecule has 2 aromatic rings. The van der Waals surface area contributed by atoms with Gasteiger partial charge in [-0.05, 0) is 19.1 Å². The summed E-state index contributed by atoms with van der Waals surface area (Å²) in [6, 6.07) is 3.88. The van der Waals surface area contributed by atoms with Crippen LogP contribution in [0.1, 0.15) is 17.6 Å². The summed E-state index contributed by atoms with van der Waals surface area (Å²) < 4.78 is 7.28. The lowest BCUT2D eigenvalue weighted by Crippen LogP contribution is -1.97. The molecule has 3 rings (SSSR count). The van der Waals surface area contributed by atoms with Gasteiger partial charge in [-0.2, -0.15) is 0 Å². The van der Waals surface area contributed by atoms with Crippen LogP contribution >= 0.6 is 11.6 Å². The fraction of sp³-hybridized carbons (Fsp3) is 0.300. The third kappa shape index (κ3) is 1.06. The summed E-state index contributed by atoms with van der Waals surface area (Å²) >= 11 is 6.07. The molecule has 14 heavy (non-hydrogen) atoms. The molecule has 1 fully saturated rings. The molecule has 0 bridgehead atoms. The van der Waals surface area contributed by atoms with Crippen molar-refractivity contribution in [1.29, 1.82) is 0 Å². The van der Waals surface area contributed by atoms with E-state index in [0.717, 1.165) is 28.7 Å². The zero-order valence-corrected chi connectivity index (χ0v) is 8.45. The number of hydrogen-bond acceptors (Lipinski definition) is 2. The van der Waals surface area contributed by atoms with E-state index in [1.54, 1.807) is 6.20 Å². The van der Waals surface area contributed by atoms with Gasteiger partial charge in [-0.15, -0.1) is 0 Å². The van der Waals surface area contributed by atoms with Crippen LogP contribution in [0.4, 0.5) is 0 Å². The number of halogens is 1. The van der Waals surface area contributed by atoms with Gasteiger partial charge in [0.05, 0.1) is 23.3 Å². The van der Waals surface area contributed by atoms with E-state index < -0.39 is 0 Å². The van der Waals surface area contributed by atoms with Crippen molar-refractivity contribution in [3.05, 3.63) is 34.9 Å². The predicted octanol–water partition coefficient (Wildman–Crippen LogP) is 2.37. The number of rotatable bonds is 1. The van der Waals surface area contributed by atoms with Crippen molar-refractivity contribution >= 4 is 17.1 Å². The molecule has 0 aromatic carbocycles. The highest BCUT2D eigenvalue weighted by Crippen LogP contribution is 2.31. The van der Waals surface area contributed by atoms with E-state index in [2.05, 4.69) is 9.38 Å². The highest BCUT2D eigenvalue weighted by atomic mass is 35.5. The third-order valence-electron chi connectivity index (χ3n) is 2.48. The minimum absolute atomic E-state index is 0.162. The average molecular weight is 209 g/mol. The first-order valence-electron chi connectivity index (χ1n) is 4.51. The molecule has 1 saturated heterocycles. The Hall–Kier alpha value is -1.06. The van der Waals surface area contributed by atoms with Gasteiger partial charge in [0, 0.05) is 5.69 Å². The van der Waals surface area contributed by atoms with E-state index in [0.29, 0.717) is 0 Å². The molecule has 0 amide bonds. The van der Waals surface area contributed by atoms with Crippen LogP contribution < -0.4 is 0 Å². The summed E-state index contributed by atoms with van der Waals surface area (Å²) in [6.07, 6.45) is 1.96. The highest BCUT2D eigenvalue weighted by Gasteiger charge is 2.29. The van der Waals surface area contributed by atoms with Gasteiger partial charge in [0.2, 0.25) is 0 Å². The molecule has 1 atom stereocenters. The minimum Gasteiger partial charge on any atom is -0.365 e. The van der Waals surface area contributed by atoms with E-state index >= 15 is 0 Å². The second kappa shape index (κ2) is 2.72. The normalized spacial score (nSPS) is 20.3. The van der Waals surface area contributed by atoms with Crippen molar-refractivity contribution in [2.24, 2.45) is 0 Å². The predicted molar refractivity (Wildman–Crippen MR) is 53.6 cm³/mol. The van der Waals surface area contributed by atoms with E-state index in [1.165, 1.54) is 0 Å². The number of fused-ring (bicyclic) bond motifs is 1. The smallest absolute Gasteiger partial charge is 0.145 e. The lowest BCUT2D eigenvalue weighted by atomic mass is 10.3. The monoisotopic (exact) mass is 208 g/mol.